The van der Waals surface area contributed by atoms with Crippen LogP contribution in [0.3, 0.4) is 0 Å². The van der Waals surface area contributed by atoms with Crippen LogP contribution in [-0.4, -0.2) is 32.8 Å². The van der Waals surface area contributed by atoms with E-state index in [-0.39, 0.29) is 5.91 Å². The average Bonchev–Trinajstić information content (AvgIpc) is 2.78. The summed E-state index contributed by atoms with van der Waals surface area (Å²) in [6.07, 6.45) is 3.31. The molecule has 1 unspecified atom stereocenters. The number of aromatic nitrogens is 3. The van der Waals surface area contributed by atoms with E-state index in [0.717, 1.165) is 19.4 Å². The molecule has 0 aromatic carbocycles. The first-order chi connectivity index (χ1) is 7.12. The molecule has 2 N–H and O–H groups in total. The van der Waals surface area contributed by atoms with Crippen LogP contribution in [0.25, 0.3) is 0 Å². The van der Waals surface area contributed by atoms with Crippen LogP contribution in [0.5, 0.6) is 0 Å². The Kier molecular flexibility index (Phi) is 2.44. The van der Waals surface area contributed by atoms with Gasteiger partial charge >= 0.3 is 0 Å². The van der Waals surface area contributed by atoms with Crippen molar-refractivity contribution in [1.29, 1.82) is 0 Å². The van der Waals surface area contributed by atoms with E-state index in [1.165, 1.54) is 11.0 Å². The molecule has 6 nitrogen and oxygen atoms in total. The maximum Gasteiger partial charge on any atom is 0.246 e. The van der Waals surface area contributed by atoms with E-state index in [1.54, 1.807) is 7.05 Å². The summed E-state index contributed by atoms with van der Waals surface area (Å²) in [6, 6.07) is 0. The molecular weight excluding hydrogens is 194 g/mol. The van der Waals surface area contributed by atoms with Gasteiger partial charge in [0, 0.05) is 7.05 Å². The fraction of sp³-hybridized carbons (Fsp3) is 0.667. The maximum absolute atomic E-state index is 11.9. The van der Waals surface area contributed by atoms with Crippen molar-refractivity contribution < 1.29 is 4.79 Å². The minimum Gasteiger partial charge on any atom is -0.304 e. The number of amides is 1. The third-order valence-corrected chi connectivity index (χ3v) is 2.81. The lowest BCUT2D eigenvalue weighted by Crippen LogP contribution is -2.48. The van der Waals surface area contributed by atoms with Gasteiger partial charge in [-0.2, -0.15) is 10.1 Å². The molecule has 82 valence electrons. The number of anilines is 1. The Labute approximate surface area is 88.1 Å². The Morgan fingerprint density at radius 1 is 1.73 bits per heavy atom. The maximum atomic E-state index is 11.9. The minimum atomic E-state index is -0.466. The molecule has 0 bridgehead atoms. The van der Waals surface area contributed by atoms with Gasteiger partial charge in [-0.25, -0.2) is 4.68 Å². The molecule has 2 heterocycles. The van der Waals surface area contributed by atoms with Gasteiger partial charge in [0.15, 0.2) is 0 Å². The van der Waals surface area contributed by atoms with Crippen molar-refractivity contribution in [3.63, 3.8) is 0 Å². The summed E-state index contributed by atoms with van der Waals surface area (Å²) >= 11 is 0. The van der Waals surface area contributed by atoms with Crippen LogP contribution in [0, 0.1) is 0 Å². The molecule has 6 heteroatoms. The van der Waals surface area contributed by atoms with Crippen molar-refractivity contribution in [3.05, 3.63) is 6.33 Å². The smallest absolute Gasteiger partial charge is 0.246 e. The van der Waals surface area contributed by atoms with Crippen molar-refractivity contribution >= 4 is 11.9 Å². The minimum absolute atomic E-state index is 0.0453. The van der Waals surface area contributed by atoms with E-state index >= 15 is 0 Å². The zero-order valence-corrected chi connectivity index (χ0v) is 8.95. The van der Waals surface area contributed by atoms with Crippen LogP contribution in [0.1, 0.15) is 19.8 Å². The number of hydrogen-bond acceptors (Lipinski definition) is 4. The normalized spacial score (nSPS) is 25.5. The number of rotatable bonds is 2. The molecule has 15 heavy (non-hydrogen) atoms. The fourth-order valence-electron chi connectivity index (χ4n) is 1.74. The molecule has 1 saturated heterocycles. The topological polar surface area (TPSA) is 71.8 Å². The Morgan fingerprint density at radius 3 is 3.07 bits per heavy atom. The zero-order chi connectivity index (χ0) is 10.9. The fourth-order valence-corrected chi connectivity index (χ4v) is 1.74. The highest BCUT2D eigenvalue weighted by molar-refractivity contribution is 5.96. The summed E-state index contributed by atoms with van der Waals surface area (Å²) < 4.78 is 1.54. The predicted molar refractivity (Wildman–Crippen MR) is 55.3 cm³/mol. The molecule has 1 atom stereocenters. The molecule has 1 aliphatic heterocycles. The number of carbonyl (C=O) groups is 1. The molecule has 0 aliphatic carbocycles. The second-order valence-corrected chi connectivity index (χ2v) is 4.02. The lowest BCUT2D eigenvalue weighted by Gasteiger charge is -2.22. The second kappa shape index (κ2) is 3.62. The van der Waals surface area contributed by atoms with Gasteiger partial charge in [0.2, 0.25) is 11.9 Å². The first kappa shape index (κ1) is 10.1. The van der Waals surface area contributed by atoms with E-state index in [2.05, 4.69) is 20.7 Å². The number of carbonyl (C=O) groups excluding carboxylic acids is 1. The Balaban J connectivity index is 2.07. The summed E-state index contributed by atoms with van der Waals surface area (Å²) in [7, 11) is 1.74. The van der Waals surface area contributed by atoms with Gasteiger partial charge < -0.3 is 5.32 Å². The van der Waals surface area contributed by atoms with Crippen LogP contribution >= 0.6 is 0 Å². The SMILES string of the molecule is Cn1ncnc1NC(=O)C1(C)CCCN1. The van der Waals surface area contributed by atoms with Crippen LogP contribution in [-0.2, 0) is 11.8 Å². The van der Waals surface area contributed by atoms with Crippen molar-refractivity contribution in [3.8, 4) is 0 Å². The number of nitrogens with one attached hydrogen (secondary N) is 2. The summed E-state index contributed by atoms with van der Waals surface area (Å²) in [6.45, 7) is 2.80. The van der Waals surface area contributed by atoms with Gasteiger partial charge in [-0.3, -0.25) is 10.1 Å². The van der Waals surface area contributed by atoms with Crippen molar-refractivity contribution in [1.82, 2.24) is 20.1 Å². The highest BCUT2D eigenvalue weighted by Crippen LogP contribution is 2.19. The number of nitrogens with zero attached hydrogens (tertiary/aromatic N) is 3. The Bertz CT molecular complexity index is 366. The third kappa shape index (κ3) is 1.85. The largest absolute Gasteiger partial charge is 0.304 e. The molecule has 1 aromatic heterocycles. The van der Waals surface area contributed by atoms with Gasteiger partial charge in [0.25, 0.3) is 0 Å². The number of aryl methyl sites for hydroxylation is 1. The molecule has 2 rings (SSSR count). The van der Waals surface area contributed by atoms with Crippen LogP contribution < -0.4 is 10.6 Å². The molecule has 0 radical (unpaired) electrons. The highest BCUT2D eigenvalue weighted by Gasteiger charge is 2.36. The van der Waals surface area contributed by atoms with Gasteiger partial charge in [-0.05, 0) is 26.3 Å². The quantitative estimate of drug-likeness (QED) is 0.713. The Hall–Kier alpha value is -1.43. The van der Waals surface area contributed by atoms with E-state index in [4.69, 9.17) is 0 Å². The molecule has 1 amide bonds. The van der Waals surface area contributed by atoms with Gasteiger partial charge in [-0.1, -0.05) is 0 Å². The van der Waals surface area contributed by atoms with E-state index in [9.17, 15) is 4.79 Å². The van der Waals surface area contributed by atoms with Crippen LogP contribution in [0.4, 0.5) is 5.95 Å². The van der Waals surface area contributed by atoms with Crippen molar-refractivity contribution in [2.45, 2.75) is 25.3 Å². The van der Waals surface area contributed by atoms with Crippen molar-refractivity contribution in [2.75, 3.05) is 11.9 Å². The Morgan fingerprint density at radius 2 is 2.53 bits per heavy atom. The zero-order valence-electron chi connectivity index (χ0n) is 8.95. The first-order valence-corrected chi connectivity index (χ1v) is 5.02. The molecule has 0 spiro atoms. The predicted octanol–water partition coefficient (Wildman–Crippen LogP) is -0.104. The lowest BCUT2D eigenvalue weighted by atomic mass is 10.00. The van der Waals surface area contributed by atoms with Crippen LogP contribution in [0.15, 0.2) is 6.33 Å². The lowest BCUT2D eigenvalue weighted by molar-refractivity contribution is -0.121. The monoisotopic (exact) mass is 209 g/mol. The molecule has 0 saturated carbocycles. The van der Waals surface area contributed by atoms with Gasteiger partial charge in [0.05, 0.1) is 5.54 Å². The third-order valence-electron chi connectivity index (χ3n) is 2.81. The molecular formula is C9H15N5O. The van der Waals surface area contributed by atoms with Gasteiger partial charge in [0.1, 0.15) is 6.33 Å². The van der Waals surface area contributed by atoms with E-state index < -0.39 is 5.54 Å². The summed E-state index contributed by atoms with van der Waals surface area (Å²) in [5, 5.41) is 9.85. The van der Waals surface area contributed by atoms with Gasteiger partial charge in [-0.15, -0.1) is 0 Å². The summed E-state index contributed by atoms with van der Waals surface area (Å²) in [5.41, 5.74) is -0.466. The standard InChI is InChI=1S/C9H15N5O/c1-9(4-3-5-11-9)7(15)13-8-10-6-12-14(8)2/h6,11H,3-5H2,1-2H3,(H,10,12,13,15). The highest BCUT2D eigenvalue weighted by atomic mass is 16.2. The summed E-state index contributed by atoms with van der Waals surface area (Å²) in [5.74, 6) is 0.436. The second-order valence-electron chi connectivity index (χ2n) is 4.02. The number of hydrogen-bond donors (Lipinski definition) is 2. The molecule has 1 fully saturated rings. The molecule has 1 aromatic rings. The van der Waals surface area contributed by atoms with Crippen molar-refractivity contribution in [2.24, 2.45) is 7.05 Å². The van der Waals surface area contributed by atoms with E-state index in [0.29, 0.717) is 5.95 Å². The molecule has 1 aliphatic rings. The van der Waals surface area contributed by atoms with Crippen LogP contribution in [0.2, 0.25) is 0 Å². The summed E-state index contributed by atoms with van der Waals surface area (Å²) in [4.78, 5) is 15.9. The van der Waals surface area contributed by atoms with E-state index in [1.807, 2.05) is 6.92 Å². The average molecular weight is 209 g/mol. The first-order valence-electron chi connectivity index (χ1n) is 5.02.